The van der Waals surface area contributed by atoms with E-state index >= 15 is 0 Å². The Morgan fingerprint density at radius 2 is 1.58 bits per heavy atom. The summed E-state index contributed by atoms with van der Waals surface area (Å²) in [6, 6.07) is 20.2. The Morgan fingerprint density at radius 1 is 0.875 bits per heavy atom. The Balaban J connectivity index is 1.67. The maximum atomic E-state index is 12.2. The molecule has 0 unspecified atom stereocenters. The fraction of sp³-hybridized carbons (Fsp3) is 0.0526. The Hall–Kier alpha value is -3.18. The van der Waals surface area contributed by atoms with Gasteiger partial charge in [0.15, 0.2) is 0 Å². The average molecular weight is 320 g/mol. The Labute approximate surface area is 138 Å². The van der Waals surface area contributed by atoms with Gasteiger partial charge in [-0.05, 0) is 40.6 Å². The van der Waals surface area contributed by atoms with Gasteiger partial charge >= 0.3 is 0 Å². The van der Waals surface area contributed by atoms with Crippen LogP contribution in [0.5, 0.6) is 0 Å². The fourth-order valence-electron chi connectivity index (χ4n) is 2.50. The van der Waals surface area contributed by atoms with E-state index < -0.39 is 5.91 Å². The highest BCUT2D eigenvalue weighted by molar-refractivity contribution is 5.96. The number of anilines is 1. The predicted octanol–water partition coefficient (Wildman–Crippen LogP) is 3.14. The number of hydroxylamine groups is 1. The molecule has 0 atom stereocenters. The molecular formula is C19H16N2O3. The minimum absolute atomic E-state index is 0.135. The number of rotatable bonds is 4. The Morgan fingerprint density at radius 3 is 2.29 bits per heavy atom. The van der Waals surface area contributed by atoms with Gasteiger partial charge in [-0.3, -0.25) is 14.8 Å². The number of nitrogens with one attached hydrogen (secondary N) is 2. The number of benzene rings is 3. The van der Waals surface area contributed by atoms with Crippen molar-refractivity contribution in [3.05, 3.63) is 77.9 Å². The molecule has 120 valence electrons. The van der Waals surface area contributed by atoms with Gasteiger partial charge in [0.25, 0.3) is 5.91 Å². The van der Waals surface area contributed by atoms with Crippen LogP contribution in [0.3, 0.4) is 0 Å². The van der Waals surface area contributed by atoms with E-state index in [2.05, 4.69) is 5.32 Å². The highest BCUT2D eigenvalue weighted by Gasteiger charge is 2.07. The second-order valence-corrected chi connectivity index (χ2v) is 5.42. The second kappa shape index (κ2) is 6.93. The Bertz CT molecular complexity index is 889. The molecule has 5 heteroatoms. The van der Waals surface area contributed by atoms with Crippen LogP contribution in [-0.4, -0.2) is 17.0 Å². The SMILES string of the molecule is O=C(Cc1ccc(C(=O)NO)cc1)Nc1ccc2ccccc2c1. The summed E-state index contributed by atoms with van der Waals surface area (Å²) in [7, 11) is 0. The average Bonchev–Trinajstić information content (AvgIpc) is 2.61. The van der Waals surface area contributed by atoms with Gasteiger partial charge in [-0.25, -0.2) is 5.48 Å². The van der Waals surface area contributed by atoms with E-state index in [0.717, 1.165) is 22.0 Å². The van der Waals surface area contributed by atoms with Gasteiger partial charge in [0.05, 0.1) is 6.42 Å². The first-order chi connectivity index (χ1) is 11.7. The molecule has 0 bridgehead atoms. The van der Waals surface area contributed by atoms with Crippen LogP contribution in [0.15, 0.2) is 66.7 Å². The number of carbonyl (C=O) groups is 2. The third-order valence-corrected chi connectivity index (χ3v) is 3.72. The lowest BCUT2D eigenvalue weighted by atomic mass is 10.1. The van der Waals surface area contributed by atoms with E-state index in [-0.39, 0.29) is 12.3 Å². The number of hydrogen-bond donors (Lipinski definition) is 3. The zero-order valence-corrected chi connectivity index (χ0v) is 12.8. The lowest BCUT2D eigenvalue weighted by Gasteiger charge is -2.07. The number of amides is 2. The summed E-state index contributed by atoms with van der Waals surface area (Å²) in [5.41, 5.74) is 3.43. The summed E-state index contributed by atoms with van der Waals surface area (Å²) < 4.78 is 0. The molecule has 0 saturated heterocycles. The molecule has 0 aromatic heterocycles. The summed E-state index contributed by atoms with van der Waals surface area (Å²) in [6.07, 6.45) is 0.202. The molecule has 0 aliphatic rings. The smallest absolute Gasteiger partial charge is 0.274 e. The van der Waals surface area contributed by atoms with Gasteiger partial charge in [0.1, 0.15) is 0 Å². The van der Waals surface area contributed by atoms with Crippen LogP contribution in [0.2, 0.25) is 0 Å². The summed E-state index contributed by atoms with van der Waals surface area (Å²) >= 11 is 0. The molecule has 0 aliphatic heterocycles. The van der Waals surface area contributed by atoms with E-state index in [1.54, 1.807) is 29.7 Å². The molecule has 3 aromatic rings. The molecule has 0 spiro atoms. The first kappa shape index (κ1) is 15.7. The topological polar surface area (TPSA) is 78.4 Å². The van der Waals surface area contributed by atoms with Crippen LogP contribution >= 0.6 is 0 Å². The molecule has 3 aromatic carbocycles. The number of fused-ring (bicyclic) bond motifs is 1. The van der Waals surface area contributed by atoms with Crippen molar-refractivity contribution in [1.82, 2.24) is 5.48 Å². The van der Waals surface area contributed by atoms with Gasteiger partial charge in [0, 0.05) is 11.3 Å². The summed E-state index contributed by atoms with van der Waals surface area (Å²) in [6.45, 7) is 0. The van der Waals surface area contributed by atoms with E-state index in [4.69, 9.17) is 5.21 Å². The first-order valence-corrected chi connectivity index (χ1v) is 7.48. The molecule has 3 rings (SSSR count). The molecule has 3 N–H and O–H groups in total. The minimum Gasteiger partial charge on any atom is -0.326 e. The summed E-state index contributed by atoms with van der Waals surface area (Å²) in [4.78, 5) is 23.4. The van der Waals surface area contributed by atoms with Gasteiger partial charge in [0.2, 0.25) is 5.91 Å². The van der Waals surface area contributed by atoms with Crippen molar-refractivity contribution in [2.24, 2.45) is 0 Å². The number of hydrogen-bond acceptors (Lipinski definition) is 3. The van der Waals surface area contributed by atoms with Crippen molar-refractivity contribution in [2.45, 2.75) is 6.42 Å². The molecule has 0 fully saturated rings. The minimum atomic E-state index is -0.581. The first-order valence-electron chi connectivity index (χ1n) is 7.48. The van der Waals surface area contributed by atoms with E-state index in [9.17, 15) is 9.59 Å². The molecule has 0 heterocycles. The molecule has 5 nitrogen and oxygen atoms in total. The molecular weight excluding hydrogens is 304 g/mol. The predicted molar refractivity (Wildman–Crippen MR) is 92.0 cm³/mol. The molecule has 24 heavy (non-hydrogen) atoms. The largest absolute Gasteiger partial charge is 0.326 e. The van der Waals surface area contributed by atoms with Gasteiger partial charge in [-0.1, -0.05) is 42.5 Å². The quantitative estimate of drug-likeness (QED) is 0.510. The van der Waals surface area contributed by atoms with E-state index in [1.807, 2.05) is 42.5 Å². The van der Waals surface area contributed by atoms with Crippen molar-refractivity contribution >= 4 is 28.3 Å². The van der Waals surface area contributed by atoms with Crippen LogP contribution in [0.25, 0.3) is 10.8 Å². The van der Waals surface area contributed by atoms with E-state index in [1.165, 1.54) is 0 Å². The zero-order valence-electron chi connectivity index (χ0n) is 12.8. The highest BCUT2D eigenvalue weighted by atomic mass is 16.5. The van der Waals surface area contributed by atoms with Crippen LogP contribution in [0.1, 0.15) is 15.9 Å². The van der Waals surface area contributed by atoms with Gasteiger partial charge in [-0.2, -0.15) is 0 Å². The fourth-order valence-corrected chi connectivity index (χ4v) is 2.50. The van der Waals surface area contributed by atoms with Crippen molar-refractivity contribution in [2.75, 3.05) is 5.32 Å². The monoisotopic (exact) mass is 320 g/mol. The van der Waals surface area contributed by atoms with Crippen molar-refractivity contribution < 1.29 is 14.8 Å². The third-order valence-electron chi connectivity index (χ3n) is 3.72. The van der Waals surface area contributed by atoms with Crippen LogP contribution < -0.4 is 10.8 Å². The van der Waals surface area contributed by atoms with Crippen LogP contribution in [0.4, 0.5) is 5.69 Å². The van der Waals surface area contributed by atoms with Crippen LogP contribution in [-0.2, 0) is 11.2 Å². The highest BCUT2D eigenvalue weighted by Crippen LogP contribution is 2.19. The maximum absolute atomic E-state index is 12.2. The van der Waals surface area contributed by atoms with Gasteiger partial charge < -0.3 is 5.32 Å². The van der Waals surface area contributed by atoms with Crippen LogP contribution in [0, 0.1) is 0 Å². The number of carbonyl (C=O) groups excluding carboxylic acids is 2. The second-order valence-electron chi connectivity index (χ2n) is 5.42. The maximum Gasteiger partial charge on any atom is 0.274 e. The molecule has 0 radical (unpaired) electrons. The summed E-state index contributed by atoms with van der Waals surface area (Å²) in [5.74, 6) is -0.716. The summed E-state index contributed by atoms with van der Waals surface area (Å²) in [5, 5.41) is 13.6. The molecule has 2 amide bonds. The lowest BCUT2D eigenvalue weighted by Crippen LogP contribution is -2.18. The van der Waals surface area contributed by atoms with Crippen molar-refractivity contribution in [3.63, 3.8) is 0 Å². The third kappa shape index (κ3) is 3.59. The zero-order chi connectivity index (χ0) is 16.9. The van der Waals surface area contributed by atoms with Crippen molar-refractivity contribution in [3.8, 4) is 0 Å². The molecule has 0 saturated carbocycles. The van der Waals surface area contributed by atoms with Crippen molar-refractivity contribution in [1.29, 1.82) is 0 Å². The van der Waals surface area contributed by atoms with E-state index in [0.29, 0.717) is 5.56 Å². The van der Waals surface area contributed by atoms with Gasteiger partial charge in [-0.15, -0.1) is 0 Å². The lowest BCUT2D eigenvalue weighted by molar-refractivity contribution is -0.115. The standard InChI is InChI=1S/C19H16N2O3/c22-18(11-13-5-7-15(8-6-13)19(23)21-24)20-17-10-9-14-3-1-2-4-16(14)12-17/h1-10,12,24H,11H2,(H,20,22)(H,21,23). The Kier molecular flexibility index (Phi) is 4.54. The molecule has 0 aliphatic carbocycles. The normalized spacial score (nSPS) is 10.4.